The van der Waals surface area contributed by atoms with E-state index in [4.69, 9.17) is 15.2 Å². The summed E-state index contributed by atoms with van der Waals surface area (Å²) in [5.41, 5.74) is 10.6. The number of anilines is 2. The first kappa shape index (κ1) is 65.6. The number of phenols is 1. The summed E-state index contributed by atoms with van der Waals surface area (Å²) in [7, 11) is -4.64. The van der Waals surface area contributed by atoms with Gasteiger partial charge in [0.25, 0.3) is 23.1 Å². The first-order chi connectivity index (χ1) is 40.1. The molecule has 0 aromatic heterocycles. The number of unbranched alkanes of at least 4 members (excludes halogenated alkanes) is 1. The fourth-order valence-corrected chi connectivity index (χ4v) is 11.4. The summed E-state index contributed by atoms with van der Waals surface area (Å²) < 4.78 is 44.1. The Morgan fingerprint density at radius 2 is 1.37 bits per heavy atom. The molecule has 6 rings (SSSR count). The molecule has 2 atom stereocenters. The van der Waals surface area contributed by atoms with Crippen molar-refractivity contribution in [1.82, 2.24) is 35.1 Å². The van der Waals surface area contributed by atoms with Crippen molar-refractivity contribution >= 4 is 104 Å². The number of carboxylic acids is 1. The van der Waals surface area contributed by atoms with Crippen molar-refractivity contribution < 1.29 is 71.0 Å². The summed E-state index contributed by atoms with van der Waals surface area (Å²) in [5, 5.41) is 37.8. The standard InChI is InChI=1S/C56H73N11O15S2/c1-5-83-46-29-50(72)67(56(46)77)17-15-48(70)58-16-7-6-8-45(59-49(71)30-63-18-19-64(31-51(73)74)21-23-66(33-82-35-69)25-24-65(22-20-63)32-81-34-68)55(76)60-42-12-9-39(26-36(42)2)40-10-13-43(37(3)27-40)61-62-44-14-11-41-47(84(78,79)80)28-38(4)53(57)52(41)54(44)75/h9-14,26-28,34-35,45-46,75H,5-8,15-25,29-33,57H2,1-4H3,(H,58,70)(H,59,71)(H,60,76)(H,73,74)(H,78,79,80)/t45-,46?/m1/s1. The molecule has 454 valence electrons. The van der Waals surface area contributed by atoms with Gasteiger partial charge in [-0.25, -0.2) is 0 Å². The Morgan fingerprint density at radius 1 is 0.786 bits per heavy atom. The van der Waals surface area contributed by atoms with Crippen LogP contribution in [-0.4, -0.2) is 205 Å². The Balaban J connectivity index is 1.15. The van der Waals surface area contributed by atoms with E-state index in [-0.39, 0.29) is 118 Å². The quantitative estimate of drug-likeness (QED) is 0.0111. The van der Waals surface area contributed by atoms with Crippen LogP contribution in [0.25, 0.3) is 21.9 Å². The summed E-state index contributed by atoms with van der Waals surface area (Å²) in [6, 6.07) is 13.8. The first-order valence-corrected chi connectivity index (χ1v) is 29.8. The number of phenolic OH excluding ortho intramolecular Hbond substituents is 1. The molecule has 2 aliphatic rings. The predicted octanol–water partition coefficient (Wildman–Crippen LogP) is 3.93. The summed E-state index contributed by atoms with van der Waals surface area (Å²) >= 11 is 1.40. The van der Waals surface area contributed by atoms with Crippen molar-refractivity contribution in [3.63, 3.8) is 0 Å². The molecule has 8 N–H and O–H groups in total. The van der Waals surface area contributed by atoms with E-state index in [1.54, 1.807) is 24.0 Å². The summed E-state index contributed by atoms with van der Waals surface area (Å²) in [4.78, 5) is 108. The van der Waals surface area contributed by atoms with Gasteiger partial charge in [-0.1, -0.05) is 25.1 Å². The fourth-order valence-electron chi connectivity index (χ4n) is 9.71. The minimum Gasteiger partial charge on any atom is -0.505 e. The number of likely N-dealkylation sites (tertiary alicyclic amines) is 1. The number of amides is 5. The number of carbonyl (C=O) groups excluding carboxylic acids is 7. The van der Waals surface area contributed by atoms with E-state index in [0.29, 0.717) is 92.3 Å². The van der Waals surface area contributed by atoms with Crippen molar-refractivity contribution in [2.24, 2.45) is 10.2 Å². The van der Waals surface area contributed by atoms with Crippen LogP contribution in [0, 0.1) is 20.8 Å². The molecule has 2 aliphatic heterocycles. The van der Waals surface area contributed by atoms with Gasteiger partial charge in [0.05, 0.1) is 29.4 Å². The molecule has 28 heteroatoms. The Labute approximate surface area is 491 Å². The topological polar surface area (TPSA) is 353 Å². The maximum absolute atomic E-state index is 14.3. The third-order valence-corrected chi connectivity index (χ3v) is 16.4. The second-order valence-electron chi connectivity index (χ2n) is 20.4. The number of thioether (sulfide) groups is 1. The van der Waals surface area contributed by atoms with Crippen molar-refractivity contribution in [2.45, 2.75) is 76.0 Å². The van der Waals surface area contributed by atoms with Crippen molar-refractivity contribution in [3.05, 3.63) is 71.3 Å². The number of aromatic hydroxyl groups is 1. The molecule has 1 unspecified atom stereocenters. The lowest BCUT2D eigenvalue weighted by atomic mass is 10.00. The zero-order valence-electron chi connectivity index (χ0n) is 47.4. The molecule has 2 heterocycles. The highest BCUT2D eigenvalue weighted by molar-refractivity contribution is 8.00. The van der Waals surface area contributed by atoms with Crippen molar-refractivity contribution in [2.75, 3.05) is 109 Å². The molecule has 0 spiro atoms. The van der Waals surface area contributed by atoms with Gasteiger partial charge in [-0.05, 0) is 110 Å². The molecule has 5 amide bonds. The van der Waals surface area contributed by atoms with Crippen LogP contribution >= 0.6 is 11.8 Å². The lowest BCUT2D eigenvalue weighted by Crippen LogP contribution is -2.51. The van der Waals surface area contributed by atoms with E-state index in [1.807, 2.05) is 59.7 Å². The summed E-state index contributed by atoms with van der Waals surface area (Å²) in [6.07, 6.45) is 1.00. The highest BCUT2D eigenvalue weighted by Crippen LogP contribution is 2.43. The number of aliphatic carboxylic acids is 1. The number of benzene rings is 4. The first-order valence-electron chi connectivity index (χ1n) is 27.3. The van der Waals surface area contributed by atoms with Gasteiger partial charge in [0.15, 0.2) is 5.75 Å². The largest absolute Gasteiger partial charge is 0.505 e. The van der Waals surface area contributed by atoms with Gasteiger partial charge in [0.1, 0.15) is 30.1 Å². The number of azo groups is 1. The number of nitrogens with two attached hydrogens (primary N) is 1. The molecule has 26 nitrogen and oxygen atoms in total. The Hall–Kier alpha value is -7.60. The second-order valence-corrected chi connectivity index (χ2v) is 23.2. The van der Waals surface area contributed by atoms with Crippen LogP contribution < -0.4 is 21.7 Å². The van der Waals surface area contributed by atoms with E-state index < -0.39 is 49.8 Å². The maximum atomic E-state index is 14.3. The number of hydrogen-bond acceptors (Lipinski definition) is 21. The molecule has 2 fully saturated rings. The minimum atomic E-state index is -4.64. The minimum absolute atomic E-state index is 0.00621. The maximum Gasteiger partial charge on any atom is 0.317 e. The fraction of sp³-hybridized carbons (Fsp3) is 0.464. The number of aryl methyl sites for hydroxylation is 3. The van der Waals surface area contributed by atoms with E-state index in [0.717, 1.165) is 16.0 Å². The number of hydrogen-bond donors (Lipinski definition) is 7. The van der Waals surface area contributed by atoms with Gasteiger partial charge in [0, 0.05) is 95.1 Å². The zero-order valence-corrected chi connectivity index (χ0v) is 49.0. The SMILES string of the molecule is CCSC1CC(=O)N(CCC(=O)NCCCC[C@@H](NC(=O)CN2CCN(COC=O)CCN(COC=O)CCN(CC(=O)O)CC2)C(=O)Nc2ccc(-c3ccc(N=Nc4ccc5c(S(=O)(=O)O)cc(C)c(N)c5c4O)c(C)c3)cc2C)C1=O. The smallest absolute Gasteiger partial charge is 0.317 e. The van der Waals surface area contributed by atoms with Gasteiger partial charge >= 0.3 is 5.97 Å². The van der Waals surface area contributed by atoms with E-state index in [1.165, 1.54) is 30.0 Å². The van der Waals surface area contributed by atoms with Crippen LogP contribution in [0.1, 0.15) is 55.7 Å². The number of fused-ring (bicyclic) bond motifs is 1. The third kappa shape index (κ3) is 18.7. The average molecular weight is 1200 g/mol. The Bertz CT molecular complexity index is 3200. The molecule has 0 bridgehead atoms. The highest BCUT2D eigenvalue weighted by atomic mass is 32.2. The normalized spacial score (nSPS) is 16.7. The van der Waals surface area contributed by atoms with E-state index in [2.05, 4.69) is 26.2 Å². The number of nitrogens with zero attached hydrogens (tertiary/aromatic N) is 7. The number of nitrogen functional groups attached to an aromatic ring is 1. The van der Waals surface area contributed by atoms with Gasteiger partial charge in [-0.2, -0.15) is 13.5 Å². The van der Waals surface area contributed by atoms with Gasteiger partial charge < -0.3 is 41.4 Å². The van der Waals surface area contributed by atoms with Crippen LogP contribution in [0.4, 0.5) is 22.7 Å². The number of ether oxygens (including phenoxy) is 2. The molecule has 0 aliphatic carbocycles. The molecule has 4 aromatic rings. The van der Waals surface area contributed by atoms with E-state index >= 15 is 0 Å². The molecule has 84 heavy (non-hydrogen) atoms. The van der Waals surface area contributed by atoms with Crippen LogP contribution in [0.3, 0.4) is 0 Å². The average Bonchev–Trinajstić information content (AvgIpc) is 1.57. The second kappa shape index (κ2) is 31.3. The molecule has 0 radical (unpaired) electrons. The summed E-state index contributed by atoms with van der Waals surface area (Å²) in [5.74, 6) is -2.74. The highest BCUT2D eigenvalue weighted by Gasteiger charge is 2.38. The number of imide groups is 1. The number of rotatable bonds is 27. The zero-order chi connectivity index (χ0) is 61.1. The molecule has 0 saturated carbocycles. The van der Waals surface area contributed by atoms with Crippen molar-refractivity contribution in [1.29, 1.82) is 0 Å². The number of carboxylic acid groups (broad SMARTS) is 1. The van der Waals surface area contributed by atoms with Crippen LogP contribution in [0.5, 0.6) is 5.75 Å². The molecular weight excluding hydrogens is 1130 g/mol. The number of carbonyl (C=O) groups is 8. The monoisotopic (exact) mass is 1200 g/mol. The van der Waals surface area contributed by atoms with Gasteiger partial charge in [-0.15, -0.1) is 16.9 Å². The van der Waals surface area contributed by atoms with Crippen LogP contribution in [0.15, 0.2) is 69.7 Å². The lowest BCUT2D eigenvalue weighted by Gasteiger charge is -2.33. The Morgan fingerprint density at radius 3 is 1.95 bits per heavy atom. The molecular formula is C56H73N11O15S2. The molecule has 2 saturated heterocycles. The van der Waals surface area contributed by atoms with Crippen molar-refractivity contribution in [3.8, 4) is 16.9 Å². The van der Waals surface area contributed by atoms with Gasteiger partial charge in [0.2, 0.25) is 29.5 Å². The van der Waals surface area contributed by atoms with Gasteiger partial charge in [-0.3, -0.25) is 67.4 Å². The Kier molecular flexibility index (Phi) is 24.5. The van der Waals surface area contributed by atoms with Crippen LogP contribution in [-0.2, 0) is 57.9 Å². The molecule has 4 aromatic carbocycles. The lowest BCUT2D eigenvalue weighted by molar-refractivity contribution is -0.140. The van der Waals surface area contributed by atoms with Crippen LogP contribution in [0.2, 0.25) is 0 Å². The van der Waals surface area contributed by atoms with E-state index in [9.17, 15) is 61.5 Å². The number of nitrogens with one attached hydrogen (secondary N) is 3. The third-order valence-electron chi connectivity index (χ3n) is 14.4. The predicted molar refractivity (Wildman–Crippen MR) is 313 cm³/mol. The summed E-state index contributed by atoms with van der Waals surface area (Å²) in [6.45, 7) is 9.88.